The minimum Gasteiger partial charge on any atom is -0.463 e. The van der Waals surface area contributed by atoms with Gasteiger partial charge in [0.25, 0.3) is 0 Å². The molecule has 0 fully saturated rings. The number of carbonyl (C=O) groups is 1. The molecule has 4 heteroatoms. The summed E-state index contributed by atoms with van der Waals surface area (Å²) in [6, 6.07) is 2.03. The maximum absolute atomic E-state index is 11.0. The molecule has 0 heterocycles. The monoisotopic (exact) mass is 230 g/mol. The Morgan fingerprint density at radius 3 is 2.47 bits per heavy atom. The zero-order valence-electron chi connectivity index (χ0n) is 10.0. The first-order valence-electron chi connectivity index (χ1n) is 5.57. The zero-order valence-corrected chi connectivity index (χ0v) is 11.0. The fraction of sp³-hybridized carbons (Fsp3) is 0.727. The molecule has 0 saturated heterocycles. The number of rotatable bonds is 8. The maximum atomic E-state index is 11.0. The van der Waals surface area contributed by atoms with Crippen LogP contribution >= 0.6 is 0 Å². The van der Waals surface area contributed by atoms with E-state index in [0.717, 1.165) is 18.5 Å². The van der Waals surface area contributed by atoms with Crippen molar-refractivity contribution < 1.29 is 14.0 Å². The van der Waals surface area contributed by atoms with Gasteiger partial charge in [-0.05, 0) is 19.0 Å². The third-order valence-electron chi connectivity index (χ3n) is 2.44. The van der Waals surface area contributed by atoms with Crippen LogP contribution in [0.25, 0.3) is 0 Å². The Morgan fingerprint density at radius 2 is 2.07 bits per heavy atom. The number of hydrogen-bond donors (Lipinski definition) is 0. The molecule has 1 unspecified atom stereocenters. The third-order valence-corrected chi connectivity index (χ3v) is 6.72. The highest BCUT2D eigenvalue weighted by molar-refractivity contribution is 6.73. The van der Waals surface area contributed by atoms with Crippen molar-refractivity contribution in [3.63, 3.8) is 0 Å². The molecule has 0 amide bonds. The van der Waals surface area contributed by atoms with E-state index in [-0.39, 0.29) is 5.97 Å². The molecule has 15 heavy (non-hydrogen) atoms. The molecule has 0 spiro atoms. The summed E-state index contributed by atoms with van der Waals surface area (Å²) in [6.07, 6.45) is 2.73. The van der Waals surface area contributed by atoms with E-state index in [0.29, 0.717) is 12.8 Å². The molecule has 0 radical (unpaired) electrons. The summed E-state index contributed by atoms with van der Waals surface area (Å²) in [5, 5.41) is 0. The van der Waals surface area contributed by atoms with Crippen molar-refractivity contribution in [2.24, 2.45) is 0 Å². The Hall–Kier alpha value is -0.613. The van der Waals surface area contributed by atoms with E-state index in [9.17, 15) is 4.79 Å². The fourth-order valence-corrected chi connectivity index (χ4v) is 4.65. The van der Waals surface area contributed by atoms with Gasteiger partial charge >= 0.3 is 5.97 Å². The molecule has 0 rings (SSSR count). The van der Waals surface area contributed by atoms with Crippen LogP contribution in [-0.4, -0.2) is 27.1 Å². The molecule has 0 aromatic rings. The largest absolute Gasteiger partial charge is 0.463 e. The molecular formula is C11H22O3Si. The number of hydrogen-bond acceptors (Lipinski definition) is 3. The summed E-state index contributed by atoms with van der Waals surface area (Å²) in [6.45, 7) is 10.3. The van der Waals surface area contributed by atoms with Gasteiger partial charge in [-0.2, -0.15) is 0 Å². The SMILES string of the molecule is C=CC(=O)OC[Si](CC)(CCC)OCC. The maximum Gasteiger partial charge on any atom is 0.329 e. The van der Waals surface area contributed by atoms with Gasteiger partial charge in [-0.15, -0.1) is 0 Å². The summed E-state index contributed by atoms with van der Waals surface area (Å²) in [5.74, 6) is -0.351. The van der Waals surface area contributed by atoms with Crippen molar-refractivity contribution in [3.8, 4) is 0 Å². The zero-order chi connectivity index (χ0) is 11.7. The highest BCUT2D eigenvalue weighted by Gasteiger charge is 2.33. The lowest BCUT2D eigenvalue weighted by Crippen LogP contribution is -2.43. The Bertz CT molecular complexity index is 198. The molecule has 0 bridgehead atoms. The molecule has 0 aromatic carbocycles. The van der Waals surface area contributed by atoms with E-state index in [1.54, 1.807) is 0 Å². The third kappa shape index (κ3) is 5.13. The number of esters is 1. The van der Waals surface area contributed by atoms with Gasteiger partial charge in [0.15, 0.2) is 0 Å². The van der Waals surface area contributed by atoms with E-state index < -0.39 is 8.32 Å². The van der Waals surface area contributed by atoms with Crippen LogP contribution < -0.4 is 0 Å². The van der Waals surface area contributed by atoms with Crippen LogP contribution in [0.5, 0.6) is 0 Å². The number of ether oxygens (including phenoxy) is 1. The van der Waals surface area contributed by atoms with Gasteiger partial charge < -0.3 is 9.16 Å². The topological polar surface area (TPSA) is 35.5 Å². The quantitative estimate of drug-likeness (QED) is 0.365. The van der Waals surface area contributed by atoms with Gasteiger partial charge in [0.1, 0.15) is 6.23 Å². The fourth-order valence-electron chi connectivity index (χ4n) is 1.59. The predicted octanol–water partition coefficient (Wildman–Crippen LogP) is 2.67. The lowest BCUT2D eigenvalue weighted by Gasteiger charge is -2.28. The van der Waals surface area contributed by atoms with Crippen molar-refractivity contribution in [3.05, 3.63) is 12.7 Å². The molecule has 0 saturated carbocycles. The first kappa shape index (κ1) is 14.4. The smallest absolute Gasteiger partial charge is 0.329 e. The summed E-state index contributed by atoms with van der Waals surface area (Å²) >= 11 is 0. The van der Waals surface area contributed by atoms with Crippen molar-refractivity contribution in [2.75, 3.05) is 12.8 Å². The molecule has 3 nitrogen and oxygen atoms in total. The molecular weight excluding hydrogens is 208 g/mol. The summed E-state index contributed by atoms with van der Waals surface area (Å²) in [5.41, 5.74) is 0. The van der Waals surface area contributed by atoms with Gasteiger partial charge in [-0.3, -0.25) is 0 Å². The lowest BCUT2D eigenvalue weighted by atomic mass is 10.6. The highest BCUT2D eigenvalue weighted by Crippen LogP contribution is 2.19. The van der Waals surface area contributed by atoms with Gasteiger partial charge in [-0.1, -0.05) is 26.8 Å². The van der Waals surface area contributed by atoms with Crippen molar-refractivity contribution in [1.29, 1.82) is 0 Å². The second kappa shape index (κ2) is 7.65. The molecule has 0 aliphatic rings. The average molecular weight is 230 g/mol. The standard InChI is InChI=1S/C11H22O3Si/c1-5-9-15(8-4,14-7-3)10-13-11(12)6-2/h6H,2,5,7-10H2,1,3-4H3. The predicted molar refractivity (Wildman–Crippen MR) is 64.1 cm³/mol. The Balaban J connectivity index is 4.31. The van der Waals surface area contributed by atoms with Crippen LogP contribution in [0.15, 0.2) is 12.7 Å². The van der Waals surface area contributed by atoms with Gasteiger partial charge in [0, 0.05) is 12.7 Å². The minimum absolute atomic E-state index is 0.351. The Labute approximate surface area is 93.6 Å². The van der Waals surface area contributed by atoms with E-state index in [1.807, 2.05) is 6.92 Å². The molecule has 0 aliphatic carbocycles. The van der Waals surface area contributed by atoms with E-state index >= 15 is 0 Å². The normalized spacial score (nSPS) is 14.3. The lowest BCUT2D eigenvalue weighted by molar-refractivity contribution is -0.136. The van der Waals surface area contributed by atoms with Crippen LogP contribution in [0.1, 0.15) is 27.2 Å². The average Bonchev–Trinajstić information content (AvgIpc) is 2.26. The van der Waals surface area contributed by atoms with E-state index in [2.05, 4.69) is 20.4 Å². The van der Waals surface area contributed by atoms with Crippen LogP contribution in [0.4, 0.5) is 0 Å². The minimum atomic E-state index is -1.84. The molecule has 88 valence electrons. The molecule has 0 N–H and O–H groups in total. The van der Waals surface area contributed by atoms with E-state index in [4.69, 9.17) is 9.16 Å². The summed E-state index contributed by atoms with van der Waals surface area (Å²) < 4.78 is 11.0. The van der Waals surface area contributed by atoms with Crippen LogP contribution in [0, 0.1) is 0 Å². The second-order valence-electron chi connectivity index (χ2n) is 3.53. The van der Waals surface area contributed by atoms with Gasteiger partial charge in [0.05, 0.1) is 0 Å². The van der Waals surface area contributed by atoms with Gasteiger partial charge in [-0.25, -0.2) is 4.79 Å². The van der Waals surface area contributed by atoms with Crippen molar-refractivity contribution >= 4 is 14.3 Å². The van der Waals surface area contributed by atoms with Crippen LogP contribution in [0.3, 0.4) is 0 Å². The van der Waals surface area contributed by atoms with Crippen molar-refractivity contribution in [2.45, 2.75) is 39.3 Å². The first-order chi connectivity index (χ1) is 7.14. The Kier molecular flexibility index (Phi) is 7.34. The first-order valence-corrected chi connectivity index (χ1v) is 8.10. The second-order valence-corrected chi connectivity index (χ2v) is 7.68. The molecule has 0 aliphatic heterocycles. The van der Waals surface area contributed by atoms with Crippen LogP contribution in [0.2, 0.25) is 12.1 Å². The van der Waals surface area contributed by atoms with E-state index in [1.165, 1.54) is 6.08 Å². The Morgan fingerprint density at radius 1 is 1.40 bits per heavy atom. The summed E-state index contributed by atoms with van der Waals surface area (Å²) in [4.78, 5) is 11.0. The highest BCUT2D eigenvalue weighted by atomic mass is 28.4. The number of carbonyl (C=O) groups excluding carboxylic acids is 1. The van der Waals surface area contributed by atoms with Gasteiger partial charge in [0.2, 0.25) is 8.32 Å². The van der Waals surface area contributed by atoms with Crippen LogP contribution in [-0.2, 0) is 14.0 Å². The summed E-state index contributed by atoms with van der Waals surface area (Å²) in [7, 11) is -1.84. The molecule has 0 aromatic heterocycles. The molecule has 1 atom stereocenters. The van der Waals surface area contributed by atoms with Crippen molar-refractivity contribution in [1.82, 2.24) is 0 Å².